The van der Waals surface area contributed by atoms with Gasteiger partial charge in [-0.25, -0.2) is 15.0 Å². The van der Waals surface area contributed by atoms with Crippen LogP contribution in [-0.2, 0) is 19.4 Å². The van der Waals surface area contributed by atoms with Gasteiger partial charge >= 0.3 is 0 Å². The van der Waals surface area contributed by atoms with Crippen molar-refractivity contribution in [2.24, 2.45) is 0 Å². The normalized spacial score (nSPS) is 13.1. The highest BCUT2D eigenvalue weighted by Crippen LogP contribution is 2.31. The zero-order valence-corrected chi connectivity index (χ0v) is 17.5. The van der Waals surface area contributed by atoms with Gasteiger partial charge in [-0.3, -0.25) is 10.1 Å². The van der Waals surface area contributed by atoms with E-state index in [4.69, 9.17) is 0 Å². The maximum absolute atomic E-state index is 11.1. The number of thiazole rings is 1. The fraction of sp³-hybridized carbons (Fsp3) is 0.174. The maximum atomic E-state index is 11.1. The summed E-state index contributed by atoms with van der Waals surface area (Å²) in [5, 5.41) is 12.1. The number of nitro groups is 1. The summed E-state index contributed by atoms with van der Waals surface area (Å²) in [6.07, 6.45) is 7.09. The molecule has 0 unspecified atom stereocenters. The third kappa shape index (κ3) is 4.15. The van der Waals surface area contributed by atoms with Gasteiger partial charge in [0, 0.05) is 60.7 Å². The van der Waals surface area contributed by atoms with Crippen LogP contribution in [0.15, 0.2) is 67.1 Å². The minimum absolute atomic E-state index is 0.143. The quantitative estimate of drug-likeness (QED) is 0.339. The Morgan fingerprint density at radius 1 is 1.03 bits per heavy atom. The van der Waals surface area contributed by atoms with Gasteiger partial charge in [-0.05, 0) is 29.2 Å². The van der Waals surface area contributed by atoms with Crippen LogP contribution in [0.2, 0.25) is 0 Å². The number of non-ortho nitro benzene ring substituents is 1. The smallest absolute Gasteiger partial charge is 0.269 e. The van der Waals surface area contributed by atoms with Crippen molar-refractivity contribution in [1.82, 2.24) is 15.0 Å². The standard InChI is InChI=1S/C23H19N5O2S/c29-28(30)20-7-6-17-8-11-27(15-19(17)13-20)23-26-14-21(31-23)12-16-2-4-18(5-3-16)22-24-9-1-10-25-22/h1-7,9-10,13-14H,8,11-12,15H2. The average molecular weight is 430 g/mol. The number of aromatic nitrogens is 3. The molecule has 0 radical (unpaired) electrons. The summed E-state index contributed by atoms with van der Waals surface area (Å²) in [6.45, 7) is 1.51. The van der Waals surface area contributed by atoms with E-state index in [1.165, 1.54) is 16.0 Å². The van der Waals surface area contributed by atoms with Crippen LogP contribution >= 0.6 is 11.3 Å². The van der Waals surface area contributed by atoms with Crippen LogP contribution in [0.1, 0.15) is 21.6 Å². The molecule has 4 aromatic rings. The highest BCUT2D eigenvalue weighted by atomic mass is 32.1. The summed E-state index contributed by atoms with van der Waals surface area (Å²) in [5.41, 5.74) is 4.53. The van der Waals surface area contributed by atoms with Crippen molar-refractivity contribution in [2.75, 3.05) is 11.4 Å². The molecule has 0 saturated heterocycles. The molecule has 0 atom stereocenters. The first-order valence-electron chi connectivity index (χ1n) is 9.98. The molecule has 31 heavy (non-hydrogen) atoms. The molecule has 3 heterocycles. The Morgan fingerprint density at radius 3 is 2.61 bits per heavy atom. The van der Waals surface area contributed by atoms with E-state index in [2.05, 4.69) is 32.0 Å². The number of nitrogens with zero attached hydrogens (tertiary/aromatic N) is 5. The highest BCUT2D eigenvalue weighted by Gasteiger charge is 2.21. The summed E-state index contributed by atoms with van der Waals surface area (Å²) in [5.74, 6) is 0.722. The van der Waals surface area contributed by atoms with Crippen LogP contribution in [0.4, 0.5) is 10.8 Å². The maximum Gasteiger partial charge on any atom is 0.269 e. The lowest BCUT2D eigenvalue weighted by Crippen LogP contribution is -2.30. The fourth-order valence-electron chi connectivity index (χ4n) is 3.77. The van der Waals surface area contributed by atoms with Gasteiger partial charge in [0.05, 0.1) is 4.92 Å². The average Bonchev–Trinajstić information content (AvgIpc) is 3.28. The molecular formula is C23H19N5O2S. The first kappa shape index (κ1) is 19.3. The van der Waals surface area contributed by atoms with Gasteiger partial charge in [-0.2, -0.15) is 0 Å². The number of rotatable bonds is 5. The second-order valence-electron chi connectivity index (χ2n) is 7.44. The molecule has 0 bridgehead atoms. The van der Waals surface area contributed by atoms with Crippen LogP contribution in [0.5, 0.6) is 0 Å². The van der Waals surface area contributed by atoms with Crippen LogP contribution < -0.4 is 4.90 Å². The van der Waals surface area contributed by atoms with Gasteiger partial charge in [0.15, 0.2) is 11.0 Å². The third-order valence-corrected chi connectivity index (χ3v) is 6.44. The molecule has 0 saturated carbocycles. The van der Waals surface area contributed by atoms with Crippen LogP contribution in [-0.4, -0.2) is 26.4 Å². The molecule has 2 aromatic carbocycles. The number of nitro benzene ring substituents is 1. The fourth-order valence-corrected chi connectivity index (χ4v) is 4.74. The predicted molar refractivity (Wildman–Crippen MR) is 120 cm³/mol. The molecule has 1 aliphatic heterocycles. The van der Waals surface area contributed by atoms with E-state index in [1.807, 2.05) is 24.4 Å². The first-order chi connectivity index (χ1) is 15.2. The Hall–Kier alpha value is -3.65. The minimum atomic E-state index is -0.337. The first-order valence-corrected chi connectivity index (χ1v) is 10.8. The van der Waals surface area contributed by atoms with Gasteiger partial charge in [-0.15, -0.1) is 11.3 Å². The number of anilines is 1. The Labute approximate surface area is 183 Å². The summed E-state index contributed by atoms with van der Waals surface area (Å²) < 4.78 is 0. The van der Waals surface area contributed by atoms with Gasteiger partial charge in [-0.1, -0.05) is 30.3 Å². The van der Waals surface area contributed by atoms with E-state index in [0.29, 0.717) is 6.54 Å². The van der Waals surface area contributed by atoms with Crippen molar-refractivity contribution < 1.29 is 4.92 Å². The molecule has 1 aliphatic rings. The van der Waals surface area contributed by atoms with Crippen molar-refractivity contribution in [2.45, 2.75) is 19.4 Å². The van der Waals surface area contributed by atoms with E-state index in [0.717, 1.165) is 41.5 Å². The van der Waals surface area contributed by atoms with Crippen LogP contribution in [0.3, 0.4) is 0 Å². The number of fused-ring (bicyclic) bond motifs is 1. The topological polar surface area (TPSA) is 85.0 Å². The summed E-state index contributed by atoms with van der Waals surface area (Å²) in [4.78, 5) is 27.3. The van der Waals surface area contributed by atoms with Crippen molar-refractivity contribution in [3.05, 3.63) is 98.8 Å². The van der Waals surface area contributed by atoms with Gasteiger partial charge in [0.1, 0.15) is 0 Å². The monoisotopic (exact) mass is 429 g/mol. The van der Waals surface area contributed by atoms with Crippen LogP contribution in [0, 0.1) is 10.1 Å². The lowest BCUT2D eigenvalue weighted by atomic mass is 9.99. The number of benzene rings is 2. The molecule has 0 N–H and O–H groups in total. The number of hydrogen-bond donors (Lipinski definition) is 0. The largest absolute Gasteiger partial charge is 0.343 e. The second-order valence-corrected chi connectivity index (χ2v) is 8.53. The van der Waals surface area contributed by atoms with Crippen molar-refractivity contribution >= 4 is 22.2 Å². The SMILES string of the molecule is O=[N+]([O-])c1ccc2c(c1)CN(c1ncc(Cc3ccc(-c4ncccn4)cc3)s1)CC2. The van der Waals surface area contributed by atoms with E-state index in [9.17, 15) is 10.1 Å². The van der Waals surface area contributed by atoms with Crippen LogP contribution in [0.25, 0.3) is 11.4 Å². The summed E-state index contributed by atoms with van der Waals surface area (Å²) >= 11 is 1.68. The van der Waals surface area contributed by atoms with Crippen molar-refractivity contribution in [1.29, 1.82) is 0 Å². The molecule has 2 aromatic heterocycles. The summed E-state index contributed by atoms with van der Waals surface area (Å²) in [6, 6.07) is 15.2. The zero-order valence-electron chi connectivity index (χ0n) is 16.6. The lowest BCUT2D eigenvalue weighted by Gasteiger charge is -2.28. The third-order valence-electron chi connectivity index (χ3n) is 5.38. The van der Waals surface area contributed by atoms with Gasteiger partial charge in [0.25, 0.3) is 5.69 Å². The Kier molecular flexibility index (Phi) is 5.13. The molecule has 5 rings (SSSR count). The van der Waals surface area contributed by atoms with E-state index in [-0.39, 0.29) is 10.6 Å². The Morgan fingerprint density at radius 2 is 1.84 bits per heavy atom. The molecule has 8 heteroatoms. The summed E-state index contributed by atoms with van der Waals surface area (Å²) in [7, 11) is 0. The predicted octanol–water partition coefficient (Wildman–Crippen LogP) is 4.66. The number of hydrogen-bond acceptors (Lipinski definition) is 7. The Bertz CT molecular complexity index is 1220. The highest BCUT2D eigenvalue weighted by molar-refractivity contribution is 7.15. The van der Waals surface area contributed by atoms with Gasteiger partial charge in [0.2, 0.25) is 0 Å². The molecule has 0 spiro atoms. The molecule has 0 fully saturated rings. The Balaban J connectivity index is 1.28. The lowest BCUT2D eigenvalue weighted by molar-refractivity contribution is -0.384. The van der Waals surface area contributed by atoms with E-state index >= 15 is 0 Å². The zero-order chi connectivity index (χ0) is 21.2. The molecular weight excluding hydrogens is 410 g/mol. The minimum Gasteiger partial charge on any atom is -0.343 e. The molecule has 0 aliphatic carbocycles. The molecule has 0 amide bonds. The van der Waals surface area contributed by atoms with E-state index in [1.54, 1.807) is 41.9 Å². The van der Waals surface area contributed by atoms with Crippen molar-refractivity contribution in [3.63, 3.8) is 0 Å². The molecule has 154 valence electrons. The van der Waals surface area contributed by atoms with Gasteiger partial charge < -0.3 is 4.90 Å². The molecule has 7 nitrogen and oxygen atoms in total. The van der Waals surface area contributed by atoms with E-state index < -0.39 is 0 Å². The second kappa shape index (κ2) is 8.23. The van der Waals surface area contributed by atoms with Crippen molar-refractivity contribution in [3.8, 4) is 11.4 Å².